The first kappa shape index (κ1) is 19.1. The summed E-state index contributed by atoms with van der Waals surface area (Å²) < 4.78 is 11.6. The number of piperidine rings is 2. The smallest absolute Gasteiger partial charge is 0.329 e. The summed E-state index contributed by atoms with van der Waals surface area (Å²) in [4.78, 5) is 13.2. The van der Waals surface area contributed by atoms with Gasteiger partial charge < -0.3 is 24.8 Å². The Morgan fingerprint density at radius 1 is 0.920 bits per heavy atom. The molecule has 3 fully saturated rings. The zero-order chi connectivity index (χ0) is 17.5. The van der Waals surface area contributed by atoms with Crippen molar-refractivity contribution < 1.29 is 19.4 Å². The maximum absolute atomic E-state index is 10.6. The second-order valence-corrected chi connectivity index (χ2v) is 7.90. The molecule has 0 aromatic carbocycles. The van der Waals surface area contributed by atoms with Crippen LogP contribution in [0.2, 0.25) is 0 Å². The fraction of sp³-hybridized carbons (Fsp3) is 0.947. The molecule has 3 rings (SSSR count). The van der Waals surface area contributed by atoms with Crippen LogP contribution in [0.25, 0.3) is 0 Å². The number of hydrogen-bond donors (Lipinski definition) is 2. The number of hydrogen-bond acceptors (Lipinski definition) is 5. The lowest BCUT2D eigenvalue weighted by Gasteiger charge is -2.40. The lowest BCUT2D eigenvalue weighted by molar-refractivity contribution is -0.145. The Bertz CT molecular complexity index is 398. The van der Waals surface area contributed by atoms with Crippen LogP contribution >= 0.6 is 0 Å². The molecule has 0 spiro atoms. The van der Waals surface area contributed by atoms with Gasteiger partial charge in [-0.05, 0) is 70.4 Å². The molecule has 6 nitrogen and oxygen atoms in total. The zero-order valence-electron chi connectivity index (χ0n) is 15.3. The molecule has 6 heteroatoms. The average molecular weight is 354 g/mol. The highest BCUT2D eigenvalue weighted by atomic mass is 16.5. The first-order valence-electron chi connectivity index (χ1n) is 10.1. The van der Waals surface area contributed by atoms with Crippen molar-refractivity contribution in [3.8, 4) is 0 Å². The second-order valence-electron chi connectivity index (χ2n) is 7.90. The van der Waals surface area contributed by atoms with Gasteiger partial charge in [-0.15, -0.1) is 0 Å². The summed E-state index contributed by atoms with van der Waals surface area (Å²) in [5, 5.41) is 12.1. The molecule has 0 bridgehead atoms. The van der Waals surface area contributed by atoms with E-state index in [1.165, 1.54) is 38.5 Å². The number of carboxylic acid groups (broad SMARTS) is 1. The van der Waals surface area contributed by atoms with Gasteiger partial charge in [0.25, 0.3) is 0 Å². The number of ether oxygens (including phenoxy) is 2. The van der Waals surface area contributed by atoms with Crippen molar-refractivity contribution in [3.63, 3.8) is 0 Å². The van der Waals surface area contributed by atoms with E-state index in [0.29, 0.717) is 12.1 Å². The number of nitrogens with zero attached hydrogens (tertiary/aromatic N) is 1. The molecule has 3 aliphatic rings. The molecule has 2 N–H and O–H groups in total. The van der Waals surface area contributed by atoms with Crippen LogP contribution in [0.5, 0.6) is 0 Å². The third-order valence-corrected chi connectivity index (χ3v) is 6.11. The molecular formula is C19H34N2O4. The molecule has 1 aliphatic carbocycles. The SMILES string of the molecule is O=C(O)COC1CCN(C2CCC(OCC3CCNCC3)CC2)CC1. The predicted octanol–water partition coefficient (Wildman–Crippen LogP) is 1.88. The maximum atomic E-state index is 10.6. The van der Waals surface area contributed by atoms with Gasteiger partial charge in [-0.25, -0.2) is 4.79 Å². The molecule has 0 amide bonds. The Hall–Kier alpha value is -0.690. The predicted molar refractivity (Wildman–Crippen MR) is 95.8 cm³/mol. The fourth-order valence-electron chi connectivity index (χ4n) is 4.49. The number of likely N-dealkylation sites (tertiary alicyclic amines) is 1. The van der Waals surface area contributed by atoms with Gasteiger partial charge in [0.05, 0.1) is 12.2 Å². The number of carboxylic acids is 1. The summed E-state index contributed by atoms with van der Waals surface area (Å²) in [7, 11) is 0. The summed E-state index contributed by atoms with van der Waals surface area (Å²) >= 11 is 0. The van der Waals surface area contributed by atoms with E-state index in [-0.39, 0.29) is 12.7 Å². The molecule has 0 atom stereocenters. The average Bonchev–Trinajstić information content (AvgIpc) is 2.66. The van der Waals surface area contributed by atoms with Crippen molar-refractivity contribution in [2.24, 2.45) is 5.92 Å². The molecule has 1 saturated carbocycles. The molecule has 25 heavy (non-hydrogen) atoms. The molecule has 2 saturated heterocycles. The maximum Gasteiger partial charge on any atom is 0.329 e. The van der Waals surface area contributed by atoms with Crippen LogP contribution in [0.15, 0.2) is 0 Å². The topological polar surface area (TPSA) is 71.0 Å². The standard InChI is InChI=1S/C19H34N2O4/c22-19(23)14-25-18-7-11-21(12-8-18)16-1-3-17(4-2-16)24-13-15-5-9-20-10-6-15/h15-18,20H,1-14H2,(H,22,23). The van der Waals surface area contributed by atoms with Gasteiger partial charge in [0.1, 0.15) is 6.61 Å². The van der Waals surface area contributed by atoms with E-state index in [4.69, 9.17) is 14.6 Å². The number of nitrogens with one attached hydrogen (secondary N) is 1. The van der Waals surface area contributed by atoms with E-state index in [0.717, 1.165) is 51.5 Å². The number of carbonyl (C=O) groups is 1. The van der Waals surface area contributed by atoms with Gasteiger partial charge in [-0.1, -0.05) is 0 Å². The van der Waals surface area contributed by atoms with Crippen molar-refractivity contribution in [3.05, 3.63) is 0 Å². The molecule has 0 unspecified atom stereocenters. The minimum Gasteiger partial charge on any atom is -0.480 e. The molecule has 2 heterocycles. The monoisotopic (exact) mass is 354 g/mol. The highest BCUT2D eigenvalue weighted by Crippen LogP contribution is 2.28. The molecular weight excluding hydrogens is 320 g/mol. The number of aliphatic carboxylic acids is 1. The third kappa shape index (κ3) is 6.20. The highest BCUT2D eigenvalue weighted by Gasteiger charge is 2.30. The largest absolute Gasteiger partial charge is 0.480 e. The molecule has 2 aliphatic heterocycles. The molecule has 0 aromatic rings. The zero-order valence-corrected chi connectivity index (χ0v) is 15.3. The van der Waals surface area contributed by atoms with Gasteiger partial charge in [-0.3, -0.25) is 0 Å². The van der Waals surface area contributed by atoms with E-state index in [9.17, 15) is 4.79 Å². The van der Waals surface area contributed by atoms with Crippen LogP contribution in [0.4, 0.5) is 0 Å². The van der Waals surface area contributed by atoms with Crippen molar-refractivity contribution in [1.82, 2.24) is 10.2 Å². The van der Waals surface area contributed by atoms with E-state index in [2.05, 4.69) is 10.2 Å². The van der Waals surface area contributed by atoms with Crippen molar-refractivity contribution >= 4 is 5.97 Å². The Morgan fingerprint density at radius 2 is 1.56 bits per heavy atom. The summed E-state index contributed by atoms with van der Waals surface area (Å²) in [6.45, 7) is 5.15. The first-order valence-corrected chi connectivity index (χ1v) is 10.1. The van der Waals surface area contributed by atoms with Crippen LogP contribution in [-0.2, 0) is 14.3 Å². The minimum absolute atomic E-state index is 0.122. The molecule has 144 valence electrons. The van der Waals surface area contributed by atoms with Gasteiger partial charge in [-0.2, -0.15) is 0 Å². The normalized spacial score (nSPS) is 30.4. The van der Waals surface area contributed by atoms with E-state index < -0.39 is 5.97 Å². The van der Waals surface area contributed by atoms with Gasteiger partial charge in [0.2, 0.25) is 0 Å². The van der Waals surface area contributed by atoms with Crippen molar-refractivity contribution in [2.75, 3.05) is 39.4 Å². The van der Waals surface area contributed by atoms with E-state index in [1.54, 1.807) is 0 Å². The Kier molecular flexibility index (Phi) is 7.52. The number of rotatable bonds is 7. The van der Waals surface area contributed by atoms with Crippen LogP contribution in [0.1, 0.15) is 51.4 Å². The van der Waals surface area contributed by atoms with Crippen LogP contribution < -0.4 is 5.32 Å². The summed E-state index contributed by atoms with van der Waals surface area (Å²) in [5.41, 5.74) is 0. The fourth-order valence-corrected chi connectivity index (χ4v) is 4.49. The van der Waals surface area contributed by atoms with Crippen molar-refractivity contribution in [2.45, 2.75) is 69.6 Å². The Balaban J connectivity index is 1.29. The lowest BCUT2D eigenvalue weighted by atomic mass is 9.90. The van der Waals surface area contributed by atoms with Gasteiger partial charge in [0, 0.05) is 25.7 Å². The quantitative estimate of drug-likeness (QED) is 0.727. The van der Waals surface area contributed by atoms with Crippen LogP contribution in [-0.4, -0.2) is 73.6 Å². The van der Waals surface area contributed by atoms with Gasteiger partial charge >= 0.3 is 5.97 Å². The lowest BCUT2D eigenvalue weighted by Crippen LogP contribution is -2.45. The summed E-state index contributed by atoms with van der Waals surface area (Å²) in [6, 6.07) is 0.680. The van der Waals surface area contributed by atoms with Crippen LogP contribution in [0, 0.1) is 5.92 Å². The Morgan fingerprint density at radius 3 is 2.20 bits per heavy atom. The highest BCUT2D eigenvalue weighted by molar-refractivity contribution is 5.68. The minimum atomic E-state index is -0.870. The van der Waals surface area contributed by atoms with E-state index in [1.807, 2.05) is 0 Å². The molecule has 0 aromatic heterocycles. The van der Waals surface area contributed by atoms with Crippen molar-refractivity contribution in [1.29, 1.82) is 0 Å². The third-order valence-electron chi connectivity index (χ3n) is 6.11. The summed E-state index contributed by atoms with van der Waals surface area (Å²) in [5.74, 6) is -0.117. The summed E-state index contributed by atoms with van der Waals surface area (Å²) in [6.07, 6.45) is 9.85. The Labute approximate surface area is 151 Å². The van der Waals surface area contributed by atoms with Crippen LogP contribution in [0.3, 0.4) is 0 Å². The van der Waals surface area contributed by atoms with E-state index >= 15 is 0 Å². The first-order chi connectivity index (χ1) is 12.2. The van der Waals surface area contributed by atoms with Gasteiger partial charge in [0.15, 0.2) is 0 Å². The second kappa shape index (κ2) is 9.86. The molecule has 0 radical (unpaired) electrons.